The van der Waals surface area contributed by atoms with Gasteiger partial charge in [-0.05, 0) is 43.5 Å². The molecule has 4 nitrogen and oxygen atoms in total. The smallest absolute Gasteiger partial charge is 0.228 e. The summed E-state index contributed by atoms with van der Waals surface area (Å²) in [6.45, 7) is 2.03. The Hall–Kier alpha value is -2.33. The summed E-state index contributed by atoms with van der Waals surface area (Å²) in [7, 11) is 0. The first-order valence-corrected chi connectivity index (χ1v) is 9.05. The van der Waals surface area contributed by atoms with Gasteiger partial charge in [0.2, 0.25) is 5.91 Å². The Balaban J connectivity index is 1.82. The lowest BCUT2D eigenvalue weighted by Crippen LogP contribution is -2.21. The number of hydrogen-bond donors (Lipinski definition) is 1. The fraction of sp³-hybridized carbons (Fsp3) is 0.300. The van der Waals surface area contributed by atoms with Crippen molar-refractivity contribution in [1.29, 1.82) is 0 Å². The van der Waals surface area contributed by atoms with E-state index < -0.39 is 0 Å². The minimum absolute atomic E-state index is 0.0871. The molecule has 3 aromatic rings. The molecule has 4 rings (SSSR count). The van der Waals surface area contributed by atoms with E-state index in [1.54, 1.807) is 0 Å². The molecule has 1 N–H and O–H groups in total. The van der Waals surface area contributed by atoms with Crippen LogP contribution in [0.3, 0.4) is 0 Å². The van der Waals surface area contributed by atoms with Crippen LogP contribution in [0.25, 0.3) is 16.9 Å². The topological polar surface area (TPSA) is 46.4 Å². The molecular formula is C20H20ClN3O. The van der Waals surface area contributed by atoms with Gasteiger partial charge in [0.15, 0.2) is 0 Å². The van der Waals surface area contributed by atoms with Gasteiger partial charge >= 0.3 is 0 Å². The number of carbonyl (C=O) groups excluding carboxylic acids is 1. The molecule has 0 bridgehead atoms. The lowest BCUT2D eigenvalue weighted by molar-refractivity contribution is -0.119. The number of halogens is 1. The molecule has 1 aromatic carbocycles. The predicted octanol–water partition coefficient (Wildman–Crippen LogP) is 5.09. The van der Waals surface area contributed by atoms with E-state index in [4.69, 9.17) is 16.6 Å². The van der Waals surface area contributed by atoms with Gasteiger partial charge in [-0.25, -0.2) is 4.98 Å². The maximum Gasteiger partial charge on any atom is 0.228 e. The van der Waals surface area contributed by atoms with Crippen molar-refractivity contribution in [3.8, 4) is 11.3 Å². The van der Waals surface area contributed by atoms with E-state index in [0.717, 1.165) is 54.0 Å². The highest BCUT2D eigenvalue weighted by atomic mass is 35.5. The maximum absolute atomic E-state index is 12.7. The highest BCUT2D eigenvalue weighted by molar-refractivity contribution is 6.30. The van der Waals surface area contributed by atoms with E-state index in [0.29, 0.717) is 5.02 Å². The number of hydrogen-bond acceptors (Lipinski definition) is 2. The van der Waals surface area contributed by atoms with Crippen LogP contribution in [0.2, 0.25) is 5.02 Å². The van der Waals surface area contributed by atoms with Crippen molar-refractivity contribution >= 4 is 29.0 Å². The van der Waals surface area contributed by atoms with Gasteiger partial charge in [0.1, 0.15) is 17.2 Å². The van der Waals surface area contributed by atoms with Crippen molar-refractivity contribution in [3.63, 3.8) is 0 Å². The molecule has 0 atom stereocenters. The summed E-state index contributed by atoms with van der Waals surface area (Å²) in [5.41, 5.74) is 3.57. The zero-order valence-corrected chi connectivity index (χ0v) is 14.9. The molecule has 0 aliphatic heterocycles. The summed E-state index contributed by atoms with van der Waals surface area (Å²) in [6.07, 6.45) is 6.19. The number of aryl methyl sites for hydroxylation is 1. The fourth-order valence-corrected chi connectivity index (χ4v) is 3.70. The molecular weight excluding hydrogens is 334 g/mol. The summed E-state index contributed by atoms with van der Waals surface area (Å²) < 4.78 is 1.96. The average molecular weight is 354 g/mol. The summed E-state index contributed by atoms with van der Waals surface area (Å²) in [5, 5.41) is 3.79. The van der Waals surface area contributed by atoms with Crippen molar-refractivity contribution < 1.29 is 4.79 Å². The summed E-state index contributed by atoms with van der Waals surface area (Å²) in [6, 6.07) is 11.6. The van der Waals surface area contributed by atoms with Crippen LogP contribution in [0.1, 0.15) is 31.2 Å². The third-order valence-corrected chi connectivity index (χ3v) is 5.07. The predicted molar refractivity (Wildman–Crippen MR) is 101 cm³/mol. The van der Waals surface area contributed by atoms with Gasteiger partial charge < -0.3 is 5.32 Å². The molecule has 0 radical (unpaired) electrons. The summed E-state index contributed by atoms with van der Waals surface area (Å²) in [4.78, 5) is 17.4. The third kappa shape index (κ3) is 3.14. The SMILES string of the molecule is Cc1ccc2nc(-c3cccc(Cl)c3)c(NC(=O)C3CCCC3)n2c1. The number of nitrogens with one attached hydrogen (secondary N) is 1. The number of benzene rings is 1. The number of rotatable bonds is 3. The monoisotopic (exact) mass is 353 g/mol. The van der Waals surface area contributed by atoms with Crippen LogP contribution in [0.5, 0.6) is 0 Å². The van der Waals surface area contributed by atoms with Gasteiger partial charge in [0.05, 0.1) is 0 Å². The summed E-state index contributed by atoms with van der Waals surface area (Å²) in [5.74, 6) is 0.907. The Kier molecular flexibility index (Phi) is 4.22. The van der Waals surface area contributed by atoms with Crippen molar-refractivity contribution in [2.24, 2.45) is 5.92 Å². The molecule has 2 heterocycles. The number of fused-ring (bicyclic) bond motifs is 1. The first-order chi connectivity index (χ1) is 12.1. The number of pyridine rings is 1. The van der Waals surface area contributed by atoms with E-state index in [2.05, 4.69) is 5.32 Å². The quantitative estimate of drug-likeness (QED) is 0.712. The van der Waals surface area contributed by atoms with E-state index >= 15 is 0 Å². The number of nitrogens with zero attached hydrogens (tertiary/aromatic N) is 2. The Bertz CT molecular complexity index is 941. The van der Waals surface area contributed by atoms with Gasteiger partial charge in [-0.2, -0.15) is 0 Å². The molecule has 128 valence electrons. The number of carbonyl (C=O) groups is 1. The van der Waals surface area contributed by atoms with Crippen LogP contribution in [0, 0.1) is 12.8 Å². The van der Waals surface area contributed by atoms with Crippen molar-refractivity contribution in [1.82, 2.24) is 9.38 Å². The van der Waals surface area contributed by atoms with Crippen LogP contribution in [-0.4, -0.2) is 15.3 Å². The van der Waals surface area contributed by atoms with Crippen molar-refractivity contribution in [2.45, 2.75) is 32.6 Å². The van der Waals surface area contributed by atoms with Gasteiger partial charge in [-0.15, -0.1) is 0 Å². The zero-order chi connectivity index (χ0) is 17.4. The molecule has 1 aliphatic carbocycles. The van der Waals surface area contributed by atoms with Crippen LogP contribution in [0.15, 0.2) is 42.6 Å². The molecule has 0 spiro atoms. The normalized spacial score (nSPS) is 15.0. The molecule has 1 amide bonds. The van der Waals surface area contributed by atoms with Crippen molar-refractivity contribution in [3.05, 3.63) is 53.2 Å². The molecule has 2 aromatic heterocycles. The molecule has 25 heavy (non-hydrogen) atoms. The Morgan fingerprint density at radius 3 is 2.80 bits per heavy atom. The third-order valence-electron chi connectivity index (χ3n) is 4.83. The van der Waals surface area contributed by atoms with E-state index in [-0.39, 0.29) is 11.8 Å². The Morgan fingerprint density at radius 1 is 1.24 bits per heavy atom. The first kappa shape index (κ1) is 16.2. The highest BCUT2D eigenvalue weighted by Gasteiger charge is 2.25. The van der Waals surface area contributed by atoms with Crippen molar-refractivity contribution in [2.75, 3.05) is 5.32 Å². The molecule has 5 heteroatoms. The minimum atomic E-state index is 0.0871. The Morgan fingerprint density at radius 2 is 2.04 bits per heavy atom. The Labute approximate surface area is 151 Å². The second-order valence-corrected chi connectivity index (χ2v) is 7.16. The van der Waals surface area contributed by atoms with Crippen LogP contribution >= 0.6 is 11.6 Å². The fourth-order valence-electron chi connectivity index (χ4n) is 3.51. The minimum Gasteiger partial charge on any atom is -0.310 e. The lowest BCUT2D eigenvalue weighted by Gasteiger charge is -2.12. The van der Waals surface area contributed by atoms with Crippen LogP contribution in [0.4, 0.5) is 5.82 Å². The van der Waals surface area contributed by atoms with Gasteiger partial charge in [-0.3, -0.25) is 9.20 Å². The molecule has 1 fully saturated rings. The molecule has 1 saturated carbocycles. The first-order valence-electron chi connectivity index (χ1n) is 8.67. The molecule has 1 aliphatic rings. The number of imidazole rings is 1. The lowest BCUT2D eigenvalue weighted by atomic mass is 10.1. The standard InChI is InChI=1S/C20H20ClN3O/c1-13-9-10-17-22-18(15-7-4-8-16(21)11-15)19(24(17)12-13)23-20(25)14-5-2-3-6-14/h4,7-12,14H,2-3,5-6H2,1H3,(H,23,25). The second kappa shape index (κ2) is 6.52. The molecule has 0 saturated heterocycles. The molecule has 0 unspecified atom stereocenters. The average Bonchev–Trinajstić information content (AvgIpc) is 3.23. The number of anilines is 1. The summed E-state index contributed by atoms with van der Waals surface area (Å²) >= 11 is 6.16. The van der Waals surface area contributed by atoms with E-state index in [9.17, 15) is 4.79 Å². The van der Waals surface area contributed by atoms with Crippen LogP contribution < -0.4 is 5.32 Å². The van der Waals surface area contributed by atoms with E-state index in [1.165, 1.54) is 0 Å². The van der Waals surface area contributed by atoms with Crippen LogP contribution in [-0.2, 0) is 4.79 Å². The maximum atomic E-state index is 12.7. The number of amides is 1. The second-order valence-electron chi connectivity index (χ2n) is 6.72. The van der Waals surface area contributed by atoms with E-state index in [1.807, 2.05) is 53.9 Å². The van der Waals surface area contributed by atoms with Gasteiger partial charge in [-0.1, -0.05) is 42.6 Å². The number of aromatic nitrogens is 2. The van der Waals surface area contributed by atoms with Gasteiger partial charge in [0.25, 0.3) is 0 Å². The highest BCUT2D eigenvalue weighted by Crippen LogP contribution is 2.32. The zero-order valence-electron chi connectivity index (χ0n) is 14.1. The largest absolute Gasteiger partial charge is 0.310 e. The van der Waals surface area contributed by atoms with Gasteiger partial charge in [0, 0.05) is 22.7 Å².